The monoisotopic (exact) mass is 303 g/mol. The number of ether oxygens (including phenoxy) is 1. The number of esters is 1. The van der Waals surface area contributed by atoms with Gasteiger partial charge < -0.3 is 9.30 Å². The van der Waals surface area contributed by atoms with Crippen molar-refractivity contribution in [2.75, 3.05) is 6.61 Å². The molecule has 3 nitrogen and oxygen atoms in total. The van der Waals surface area contributed by atoms with E-state index in [1.54, 1.807) is 0 Å². The summed E-state index contributed by atoms with van der Waals surface area (Å²) in [5.41, 5.74) is 5.97. The number of hydrogen-bond acceptors (Lipinski definition) is 2. The molecule has 0 unspecified atom stereocenters. The lowest BCUT2D eigenvalue weighted by Crippen LogP contribution is -1.98. The average Bonchev–Trinajstić information content (AvgIpc) is 3.09. The highest BCUT2D eigenvalue weighted by Crippen LogP contribution is 2.36. The van der Waals surface area contributed by atoms with Gasteiger partial charge in [-0.2, -0.15) is 0 Å². The van der Waals surface area contributed by atoms with Crippen molar-refractivity contribution in [3.8, 4) is 0 Å². The van der Waals surface area contributed by atoms with Gasteiger partial charge in [0, 0.05) is 35.3 Å². The van der Waals surface area contributed by atoms with Crippen LogP contribution in [0.3, 0.4) is 0 Å². The van der Waals surface area contributed by atoms with Gasteiger partial charge in [0.15, 0.2) is 0 Å². The molecule has 0 saturated carbocycles. The zero-order chi connectivity index (χ0) is 16.0. The largest absolute Gasteiger partial charge is 0.457 e. The van der Waals surface area contributed by atoms with Gasteiger partial charge in [-0.15, -0.1) is 0 Å². The van der Waals surface area contributed by atoms with E-state index in [-0.39, 0.29) is 5.97 Å². The third-order valence-electron chi connectivity index (χ3n) is 4.42. The molecule has 0 atom stereocenters. The molecular formula is C20H17NO2. The van der Waals surface area contributed by atoms with Crippen LogP contribution < -0.4 is 0 Å². The Balaban J connectivity index is 1.97. The Morgan fingerprint density at radius 2 is 1.78 bits per heavy atom. The summed E-state index contributed by atoms with van der Waals surface area (Å²) in [5.74, 6) is -0.239. The van der Waals surface area contributed by atoms with Crippen molar-refractivity contribution in [1.82, 2.24) is 4.57 Å². The van der Waals surface area contributed by atoms with E-state index in [0.29, 0.717) is 12.2 Å². The molecule has 2 heterocycles. The summed E-state index contributed by atoms with van der Waals surface area (Å²) in [6, 6.07) is 16.2. The summed E-state index contributed by atoms with van der Waals surface area (Å²) in [5, 5.41) is 1.15. The lowest BCUT2D eigenvalue weighted by molar-refractivity contribution is -0.133. The summed E-state index contributed by atoms with van der Waals surface area (Å²) >= 11 is 0. The summed E-state index contributed by atoms with van der Waals surface area (Å²) < 4.78 is 7.44. The Kier molecular flexibility index (Phi) is 3.08. The number of nitrogens with zero attached hydrogens (tertiary/aromatic N) is 1. The fraction of sp³-hybridized carbons (Fsp3) is 0.150. The fourth-order valence-corrected chi connectivity index (χ4v) is 3.21. The van der Waals surface area contributed by atoms with E-state index in [1.807, 2.05) is 50.4 Å². The number of fused-ring (bicyclic) bond motifs is 1. The maximum absolute atomic E-state index is 12.3. The lowest BCUT2D eigenvalue weighted by Gasteiger charge is -2.04. The van der Waals surface area contributed by atoms with Crippen molar-refractivity contribution in [1.29, 1.82) is 0 Å². The summed E-state index contributed by atoms with van der Waals surface area (Å²) in [6.07, 6.45) is 2.08. The molecule has 4 rings (SSSR count). The Morgan fingerprint density at radius 1 is 1.04 bits per heavy atom. The van der Waals surface area contributed by atoms with Crippen molar-refractivity contribution < 1.29 is 9.53 Å². The molecule has 2 aromatic carbocycles. The average molecular weight is 303 g/mol. The minimum Gasteiger partial charge on any atom is -0.457 e. The van der Waals surface area contributed by atoms with Gasteiger partial charge >= 0.3 is 5.97 Å². The van der Waals surface area contributed by atoms with Gasteiger partial charge in [0.25, 0.3) is 0 Å². The highest BCUT2D eigenvalue weighted by atomic mass is 16.5. The maximum atomic E-state index is 12.3. The molecule has 0 bridgehead atoms. The number of carbonyl (C=O) groups is 1. The maximum Gasteiger partial charge on any atom is 0.339 e. The number of benzene rings is 2. The van der Waals surface area contributed by atoms with Crippen LogP contribution in [0.15, 0.2) is 54.7 Å². The van der Waals surface area contributed by atoms with Gasteiger partial charge in [-0.05, 0) is 18.6 Å². The molecule has 0 spiro atoms. The van der Waals surface area contributed by atoms with Gasteiger partial charge in [-0.3, -0.25) is 0 Å². The van der Waals surface area contributed by atoms with Gasteiger partial charge in [-0.1, -0.05) is 48.0 Å². The van der Waals surface area contributed by atoms with Crippen molar-refractivity contribution in [2.24, 2.45) is 7.05 Å². The Hall–Kier alpha value is -2.81. The SMILES string of the molecule is Cc1ccc(C2=C(c3cn(C)c4ccccc34)COC2=O)cc1. The number of aryl methyl sites for hydroxylation is 2. The van der Waals surface area contributed by atoms with Crippen LogP contribution in [0.25, 0.3) is 22.0 Å². The van der Waals surface area contributed by atoms with Crippen LogP contribution in [0.5, 0.6) is 0 Å². The summed E-state index contributed by atoms with van der Waals surface area (Å²) in [6.45, 7) is 2.37. The third-order valence-corrected chi connectivity index (χ3v) is 4.42. The number of aromatic nitrogens is 1. The second-order valence-electron chi connectivity index (χ2n) is 5.97. The van der Waals surface area contributed by atoms with Crippen LogP contribution in [0.1, 0.15) is 16.7 Å². The van der Waals surface area contributed by atoms with Crippen molar-refractivity contribution in [3.05, 3.63) is 71.4 Å². The molecule has 0 N–H and O–H groups in total. The molecule has 0 fully saturated rings. The van der Waals surface area contributed by atoms with Gasteiger partial charge in [-0.25, -0.2) is 4.79 Å². The number of carbonyl (C=O) groups excluding carboxylic acids is 1. The van der Waals surface area contributed by atoms with E-state index in [4.69, 9.17) is 4.74 Å². The third kappa shape index (κ3) is 2.16. The minimum absolute atomic E-state index is 0.239. The molecule has 1 aromatic heterocycles. The molecule has 0 saturated heterocycles. The summed E-state index contributed by atoms with van der Waals surface area (Å²) in [4.78, 5) is 12.3. The molecule has 3 heteroatoms. The first-order chi connectivity index (χ1) is 11.1. The van der Waals surface area contributed by atoms with Gasteiger partial charge in [0.05, 0.1) is 5.57 Å². The van der Waals surface area contributed by atoms with E-state index in [1.165, 1.54) is 5.56 Å². The highest BCUT2D eigenvalue weighted by molar-refractivity contribution is 6.28. The van der Waals surface area contributed by atoms with E-state index in [9.17, 15) is 4.79 Å². The molecule has 0 aliphatic carbocycles. The van der Waals surface area contributed by atoms with Crippen molar-refractivity contribution in [3.63, 3.8) is 0 Å². The fourth-order valence-electron chi connectivity index (χ4n) is 3.21. The zero-order valence-corrected chi connectivity index (χ0v) is 13.2. The standard InChI is InChI=1S/C20H17NO2/c1-13-7-9-14(10-8-13)19-17(12-23-20(19)22)16-11-21(2)18-6-4-3-5-15(16)18/h3-11H,12H2,1-2H3. The first-order valence-corrected chi connectivity index (χ1v) is 7.67. The predicted octanol–water partition coefficient (Wildman–Crippen LogP) is 3.95. The molecular weight excluding hydrogens is 286 g/mol. The molecule has 3 aromatic rings. The van der Waals surface area contributed by atoms with Crippen LogP contribution in [0.4, 0.5) is 0 Å². The van der Waals surface area contributed by atoms with Crippen LogP contribution in [0.2, 0.25) is 0 Å². The Labute approximate surface area is 134 Å². The molecule has 1 aliphatic rings. The zero-order valence-electron chi connectivity index (χ0n) is 13.2. The first kappa shape index (κ1) is 13.8. The molecule has 114 valence electrons. The van der Waals surface area contributed by atoms with Crippen molar-refractivity contribution in [2.45, 2.75) is 6.92 Å². The number of cyclic esters (lactones) is 1. The highest BCUT2D eigenvalue weighted by Gasteiger charge is 2.28. The van der Waals surface area contributed by atoms with Crippen molar-refractivity contribution >= 4 is 28.0 Å². The number of hydrogen-bond donors (Lipinski definition) is 0. The second-order valence-corrected chi connectivity index (χ2v) is 5.97. The van der Waals surface area contributed by atoms with Crippen LogP contribution in [-0.4, -0.2) is 17.1 Å². The van der Waals surface area contributed by atoms with E-state index >= 15 is 0 Å². The topological polar surface area (TPSA) is 31.2 Å². The molecule has 0 amide bonds. The number of rotatable bonds is 2. The minimum atomic E-state index is -0.239. The van der Waals surface area contributed by atoms with E-state index in [0.717, 1.165) is 27.6 Å². The first-order valence-electron chi connectivity index (χ1n) is 7.67. The van der Waals surface area contributed by atoms with Gasteiger partial charge in [0.1, 0.15) is 6.61 Å². The summed E-state index contributed by atoms with van der Waals surface area (Å²) in [7, 11) is 2.02. The smallest absolute Gasteiger partial charge is 0.339 e. The number of para-hydroxylation sites is 1. The molecule has 1 aliphatic heterocycles. The van der Waals surface area contributed by atoms with Crippen LogP contribution >= 0.6 is 0 Å². The predicted molar refractivity (Wildman–Crippen MR) is 91.9 cm³/mol. The Bertz CT molecular complexity index is 945. The van der Waals surface area contributed by atoms with Crippen LogP contribution in [0, 0.1) is 6.92 Å². The lowest BCUT2D eigenvalue weighted by atomic mass is 9.96. The van der Waals surface area contributed by atoms with E-state index in [2.05, 4.69) is 22.9 Å². The molecule has 0 radical (unpaired) electrons. The normalized spacial score (nSPS) is 14.6. The van der Waals surface area contributed by atoms with Crippen LogP contribution in [-0.2, 0) is 16.6 Å². The molecule has 23 heavy (non-hydrogen) atoms. The second kappa shape index (κ2) is 5.13. The quantitative estimate of drug-likeness (QED) is 0.671. The van der Waals surface area contributed by atoms with Gasteiger partial charge in [0.2, 0.25) is 0 Å². The Morgan fingerprint density at radius 3 is 2.57 bits per heavy atom. The van der Waals surface area contributed by atoms with E-state index < -0.39 is 0 Å².